The molecule has 0 amide bonds. The fraction of sp³-hybridized carbons (Fsp3) is 0.138. The number of nitrogens with one attached hydrogen (secondary N) is 3. The first-order valence-corrected chi connectivity index (χ1v) is 11.9. The minimum absolute atomic E-state index is 0.144. The lowest BCUT2D eigenvalue weighted by Crippen LogP contribution is -2.31. The van der Waals surface area contributed by atoms with Gasteiger partial charge in [-0.05, 0) is 66.4 Å². The first kappa shape index (κ1) is 22.1. The Bertz CT molecular complexity index is 1660. The van der Waals surface area contributed by atoms with Crippen LogP contribution in [0.15, 0.2) is 83.8 Å². The molecule has 0 spiro atoms. The second-order valence-corrected chi connectivity index (χ2v) is 9.17. The van der Waals surface area contributed by atoms with Gasteiger partial charge in [-0.3, -0.25) is 5.10 Å². The summed E-state index contributed by atoms with van der Waals surface area (Å²) in [6.07, 6.45) is 5.83. The van der Waals surface area contributed by atoms with Gasteiger partial charge in [0.25, 0.3) is 0 Å². The van der Waals surface area contributed by atoms with Gasteiger partial charge in [-0.25, -0.2) is 4.39 Å². The van der Waals surface area contributed by atoms with Crippen molar-refractivity contribution in [1.82, 2.24) is 15.2 Å². The quantitative estimate of drug-likeness (QED) is 0.213. The van der Waals surface area contributed by atoms with Crippen LogP contribution < -0.4 is 11.1 Å². The van der Waals surface area contributed by atoms with Crippen LogP contribution in [0.3, 0.4) is 0 Å². The van der Waals surface area contributed by atoms with Crippen molar-refractivity contribution in [3.63, 3.8) is 0 Å². The number of hydrogen-bond acceptors (Lipinski definition) is 4. The molecule has 7 heteroatoms. The summed E-state index contributed by atoms with van der Waals surface area (Å²) in [5.41, 5.74) is 14.1. The summed E-state index contributed by atoms with van der Waals surface area (Å²) in [5.74, 6) is -0.328. The maximum atomic E-state index is 15.6. The Balaban J connectivity index is 1.31. The van der Waals surface area contributed by atoms with Crippen LogP contribution in [0.2, 0.25) is 0 Å². The molecule has 0 aliphatic rings. The first-order chi connectivity index (χ1) is 17.6. The highest BCUT2D eigenvalue weighted by atomic mass is 19.1. The van der Waals surface area contributed by atoms with E-state index in [0.717, 1.165) is 33.2 Å². The SMILES string of the molecule is Cc1n[nH]c2ccc(-c3cc(NC[C@@H](N)Cc4c[nH]c5ccccc45)cc(F)c3-c3ccoc3)cc12. The summed E-state index contributed by atoms with van der Waals surface area (Å²) in [7, 11) is 0. The van der Waals surface area contributed by atoms with E-state index < -0.39 is 0 Å². The lowest BCUT2D eigenvalue weighted by atomic mass is 9.93. The third-order valence-corrected chi connectivity index (χ3v) is 6.69. The monoisotopic (exact) mass is 479 g/mol. The van der Waals surface area contributed by atoms with E-state index in [4.69, 9.17) is 10.2 Å². The van der Waals surface area contributed by atoms with Gasteiger partial charge in [0.1, 0.15) is 5.82 Å². The van der Waals surface area contributed by atoms with Crippen molar-refractivity contribution in [2.24, 2.45) is 5.73 Å². The molecule has 0 unspecified atom stereocenters. The molecule has 1 atom stereocenters. The van der Waals surface area contributed by atoms with Crippen LogP contribution in [0, 0.1) is 12.7 Å². The van der Waals surface area contributed by atoms with Crippen molar-refractivity contribution in [3.05, 3.63) is 96.5 Å². The Hall–Kier alpha value is -4.36. The summed E-state index contributed by atoms with van der Waals surface area (Å²) in [4.78, 5) is 3.29. The van der Waals surface area contributed by atoms with E-state index in [0.29, 0.717) is 29.8 Å². The predicted molar refractivity (Wildman–Crippen MR) is 142 cm³/mol. The Morgan fingerprint density at radius 2 is 1.92 bits per heavy atom. The smallest absolute Gasteiger partial charge is 0.133 e. The number of hydrogen-bond donors (Lipinski definition) is 4. The molecule has 36 heavy (non-hydrogen) atoms. The fourth-order valence-electron chi connectivity index (χ4n) is 4.85. The summed E-state index contributed by atoms with van der Waals surface area (Å²) in [5, 5.41) is 12.9. The number of aromatic nitrogens is 3. The molecule has 0 fully saturated rings. The Kier molecular flexibility index (Phi) is 5.54. The summed E-state index contributed by atoms with van der Waals surface area (Å²) >= 11 is 0. The van der Waals surface area contributed by atoms with Crippen molar-refractivity contribution in [2.75, 3.05) is 11.9 Å². The lowest BCUT2D eigenvalue weighted by molar-refractivity contribution is 0.567. The summed E-state index contributed by atoms with van der Waals surface area (Å²) in [6.45, 7) is 2.45. The van der Waals surface area contributed by atoms with Gasteiger partial charge in [-0.1, -0.05) is 24.3 Å². The maximum absolute atomic E-state index is 15.6. The minimum Gasteiger partial charge on any atom is -0.472 e. The molecular weight excluding hydrogens is 453 g/mol. The molecule has 6 aromatic rings. The first-order valence-electron chi connectivity index (χ1n) is 11.9. The topological polar surface area (TPSA) is 95.7 Å². The number of nitrogens with zero attached hydrogens (tertiary/aromatic N) is 1. The minimum atomic E-state index is -0.328. The van der Waals surface area contributed by atoms with Gasteiger partial charge >= 0.3 is 0 Å². The maximum Gasteiger partial charge on any atom is 0.133 e. The van der Waals surface area contributed by atoms with Crippen molar-refractivity contribution in [2.45, 2.75) is 19.4 Å². The molecule has 3 heterocycles. The number of aryl methyl sites for hydroxylation is 1. The third-order valence-electron chi connectivity index (χ3n) is 6.69. The molecule has 0 radical (unpaired) electrons. The van der Waals surface area contributed by atoms with E-state index in [1.807, 2.05) is 49.5 Å². The van der Waals surface area contributed by atoms with E-state index >= 15 is 4.39 Å². The third kappa shape index (κ3) is 4.03. The molecule has 0 aliphatic carbocycles. The number of halogens is 1. The number of aromatic amines is 2. The summed E-state index contributed by atoms with van der Waals surface area (Å²) < 4.78 is 20.8. The molecule has 3 aromatic carbocycles. The predicted octanol–water partition coefficient (Wildman–Crippen LogP) is 6.40. The van der Waals surface area contributed by atoms with Crippen LogP contribution in [0.25, 0.3) is 44.1 Å². The van der Waals surface area contributed by atoms with E-state index in [1.165, 1.54) is 17.0 Å². The molecule has 3 aromatic heterocycles. The van der Waals surface area contributed by atoms with Gasteiger partial charge in [0, 0.05) is 51.9 Å². The second-order valence-electron chi connectivity index (χ2n) is 9.17. The normalized spacial score (nSPS) is 12.4. The van der Waals surface area contributed by atoms with Crippen molar-refractivity contribution >= 4 is 27.5 Å². The molecule has 180 valence electrons. The highest BCUT2D eigenvalue weighted by molar-refractivity contribution is 5.92. The molecule has 0 saturated carbocycles. The van der Waals surface area contributed by atoms with Crippen LogP contribution in [0.5, 0.6) is 0 Å². The molecule has 6 nitrogen and oxygen atoms in total. The Labute approximate surface area is 207 Å². The number of para-hydroxylation sites is 1. The lowest BCUT2D eigenvalue weighted by Gasteiger charge is -2.17. The molecule has 6 rings (SSSR count). The van der Waals surface area contributed by atoms with Crippen LogP contribution in [0.4, 0.5) is 10.1 Å². The van der Waals surface area contributed by atoms with Crippen molar-refractivity contribution in [1.29, 1.82) is 0 Å². The zero-order chi connectivity index (χ0) is 24.6. The number of furan rings is 1. The molecule has 0 aliphatic heterocycles. The van der Waals surface area contributed by atoms with Gasteiger partial charge in [0.15, 0.2) is 0 Å². The average molecular weight is 480 g/mol. The number of nitrogens with two attached hydrogens (primary N) is 1. The van der Waals surface area contributed by atoms with Gasteiger partial charge in [-0.15, -0.1) is 0 Å². The molecular formula is C29H26FN5O. The second kappa shape index (κ2) is 9.02. The van der Waals surface area contributed by atoms with E-state index in [2.05, 4.69) is 32.6 Å². The van der Waals surface area contributed by atoms with E-state index in [1.54, 1.807) is 18.6 Å². The Morgan fingerprint density at radius 1 is 1.03 bits per heavy atom. The largest absolute Gasteiger partial charge is 0.472 e. The van der Waals surface area contributed by atoms with Gasteiger partial charge < -0.3 is 20.5 Å². The molecule has 0 bridgehead atoms. The number of fused-ring (bicyclic) bond motifs is 2. The number of rotatable bonds is 7. The average Bonchev–Trinajstić information content (AvgIpc) is 3.64. The molecule has 0 saturated heterocycles. The highest BCUT2D eigenvalue weighted by Gasteiger charge is 2.17. The number of anilines is 1. The van der Waals surface area contributed by atoms with Crippen LogP contribution in [-0.4, -0.2) is 27.8 Å². The Morgan fingerprint density at radius 3 is 2.78 bits per heavy atom. The standard InChI is InChI=1S/C29H26FN5O/c1-17-24-11-18(6-7-28(24)35-34-17)25-12-22(13-26(30)29(25)19-8-9-36-16-19)32-15-21(31)10-20-14-33-27-5-3-2-4-23(20)27/h2-9,11-14,16,21,32-33H,10,15,31H2,1H3,(H,34,35)/t21-/m0/s1. The highest BCUT2D eigenvalue weighted by Crippen LogP contribution is 2.38. The van der Waals surface area contributed by atoms with Crippen LogP contribution >= 0.6 is 0 Å². The van der Waals surface area contributed by atoms with Gasteiger partial charge in [-0.2, -0.15) is 5.10 Å². The van der Waals surface area contributed by atoms with Crippen LogP contribution in [0.1, 0.15) is 11.3 Å². The number of benzene rings is 3. The van der Waals surface area contributed by atoms with E-state index in [-0.39, 0.29) is 11.9 Å². The molecule has 5 N–H and O–H groups in total. The van der Waals surface area contributed by atoms with Gasteiger partial charge in [0.2, 0.25) is 0 Å². The van der Waals surface area contributed by atoms with Crippen molar-refractivity contribution in [3.8, 4) is 22.3 Å². The fourth-order valence-corrected chi connectivity index (χ4v) is 4.85. The van der Waals surface area contributed by atoms with E-state index in [9.17, 15) is 0 Å². The van der Waals surface area contributed by atoms with Crippen LogP contribution in [-0.2, 0) is 6.42 Å². The zero-order valence-electron chi connectivity index (χ0n) is 19.8. The van der Waals surface area contributed by atoms with Gasteiger partial charge in [0.05, 0.1) is 23.7 Å². The summed E-state index contributed by atoms with van der Waals surface area (Å²) in [6, 6.07) is 19.3. The number of H-pyrrole nitrogens is 2. The van der Waals surface area contributed by atoms with Crippen molar-refractivity contribution < 1.29 is 8.81 Å². The zero-order valence-corrected chi connectivity index (χ0v) is 19.8.